The van der Waals surface area contributed by atoms with Gasteiger partial charge < -0.3 is 5.32 Å². The van der Waals surface area contributed by atoms with Crippen LogP contribution in [0.3, 0.4) is 0 Å². The first kappa shape index (κ1) is 13.5. The van der Waals surface area contributed by atoms with E-state index in [1.54, 1.807) is 23.9 Å². The van der Waals surface area contributed by atoms with E-state index in [0.717, 1.165) is 21.7 Å². The van der Waals surface area contributed by atoms with Crippen LogP contribution in [0.2, 0.25) is 0 Å². The summed E-state index contributed by atoms with van der Waals surface area (Å²) < 4.78 is 2.46. The zero-order valence-electron chi connectivity index (χ0n) is 10.8. The van der Waals surface area contributed by atoms with E-state index in [1.165, 1.54) is 10.9 Å². The third kappa shape index (κ3) is 3.28. The number of nitrogens with one attached hydrogen (secondary N) is 1. The van der Waals surface area contributed by atoms with E-state index >= 15 is 0 Å². The number of hydrogen-bond acceptors (Lipinski definition) is 5. The molecule has 0 radical (unpaired) electrons. The summed E-state index contributed by atoms with van der Waals surface area (Å²) in [6.07, 6.45) is 2.13. The van der Waals surface area contributed by atoms with E-state index in [-0.39, 0.29) is 18.1 Å². The Kier molecular flexibility index (Phi) is 4.10. The Hall–Kier alpha value is -1.96. The first-order valence-electron chi connectivity index (χ1n) is 5.82. The van der Waals surface area contributed by atoms with Gasteiger partial charge in [-0.25, -0.2) is 14.5 Å². The van der Waals surface area contributed by atoms with Crippen molar-refractivity contribution in [1.82, 2.24) is 24.6 Å². The van der Waals surface area contributed by atoms with Crippen molar-refractivity contribution in [2.24, 2.45) is 7.05 Å². The van der Waals surface area contributed by atoms with Crippen molar-refractivity contribution in [3.05, 3.63) is 32.9 Å². The molecule has 0 unspecified atom stereocenters. The van der Waals surface area contributed by atoms with Crippen LogP contribution >= 0.6 is 11.3 Å². The Balaban J connectivity index is 1.81. The molecule has 0 aromatic carbocycles. The SMILES string of the molecule is Cc1ncsc1CCNC(=O)Cn1ncn(C)c1=O. The second-order valence-electron chi connectivity index (χ2n) is 4.14. The molecule has 2 heterocycles. The third-order valence-corrected chi connectivity index (χ3v) is 3.69. The average Bonchev–Trinajstić information content (AvgIpc) is 2.91. The van der Waals surface area contributed by atoms with Crippen LogP contribution in [-0.4, -0.2) is 31.8 Å². The van der Waals surface area contributed by atoms with E-state index in [2.05, 4.69) is 15.4 Å². The molecule has 1 N–H and O–H groups in total. The molecule has 0 aliphatic heterocycles. The standard InChI is InChI=1S/C11H15N5O2S/c1-8-9(19-7-13-8)3-4-12-10(17)5-16-11(18)15(2)6-14-16/h6-7H,3-5H2,1-2H3,(H,12,17). The van der Waals surface area contributed by atoms with Gasteiger partial charge in [0.1, 0.15) is 12.9 Å². The molecule has 0 aliphatic carbocycles. The maximum Gasteiger partial charge on any atom is 0.345 e. The maximum absolute atomic E-state index is 11.7. The highest BCUT2D eigenvalue weighted by Crippen LogP contribution is 2.11. The van der Waals surface area contributed by atoms with Crippen LogP contribution in [-0.2, 0) is 24.8 Å². The summed E-state index contributed by atoms with van der Waals surface area (Å²) in [6.45, 7) is 2.42. The van der Waals surface area contributed by atoms with Crippen molar-refractivity contribution in [3.63, 3.8) is 0 Å². The number of aryl methyl sites for hydroxylation is 2. The van der Waals surface area contributed by atoms with Crippen molar-refractivity contribution in [2.75, 3.05) is 6.54 Å². The molecular formula is C11H15N5O2S. The molecule has 0 spiro atoms. The zero-order valence-corrected chi connectivity index (χ0v) is 11.6. The number of thiazole rings is 1. The molecule has 8 heteroatoms. The fraction of sp³-hybridized carbons (Fsp3) is 0.455. The van der Waals surface area contributed by atoms with E-state index < -0.39 is 0 Å². The van der Waals surface area contributed by atoms with Gasteiger partial charge in [0.25, 0.3) is 0 Å². The highest BCUT2D eigenvalue weighted by Gasteiger charge is 2.08. The molecule has 0 fully saturated rings. The van der Waals surface area contributed by atoms with Crippen molar-refractivity contribution >= 4 is 17.2 Å². The number of aromatic nitrogens is 4. The van der Waals surface area contributed by atoms with E-state index in [4.69, 9.17) is 0 Å². The molecule has 102 valence electrons. The van der Waals surface area contributed by atoms with Gasteiger partial charge in [-0.05, 0) is 6.92 Å². The van der Waals surface area contributed by atoms with E-state index in [9.17, 15) is 9.59 Å². The number of nitrogens with zero attached hydrogens (tertiary/aromatic N) is 4. The normalized spacial score (nSPS) is 10.6. The molecule has 19 heavy (non-hydrogen) atoms. The van der Waals surface area contributed by atoms with Crippen LogP contribution in [0.25, 0.3) is 0 Å². The summed E-state index contributed by atoms with van der Waals surface area (Å²) >= 11 is 1.58. The number of rotatable bonds is 5. The molecular weight excluding hydrogens is 266 g/mol. The highest BCUT2D eigenvalue weighted by atomic mass is 32.1. The van der Waals surface area contributed by atoms with Crippen molar-refractivity contribution in [3.8, 4) is 0 Å². The predicted octanol–water partition coefficient (Wildman–Crippen LogP) is -0.294. The fourth-order valence-corrected chi connectivity index (χ4v) is 2.38. The monoisotopic (exact) mass is 281 g/mol. The predicted molar refractivity (Wildman–Crippen MR) is 71.0 cm³/mol. The third-order valence-electron chi connectivity index (χ3n) is 2.70. The molecule has 2 rings (SSSR count). The van der Waals surface area contributed by atoms with Crippen molar-refractivity contribution in [2.45, 2.75) is 19.9 Å². The lowest BCUT2D eigenvalue weighted by Gasteiger charge is -2.04. The van der Waals surface area contributed by atoms with Crippen LogP contribution in [0.4, 0.5) is 0 Å². The Bertz CT molecular complexity index is 627. The number of carbonyl (C=O) groups excluding carboxylic acids is 1. The molecule has 0 saturated carbocycles. The van der Waals surface area contributed by atoms with Crippen molar-refractivity contribution < 1.29 is 4.79 Å². The molecule has 0 bridgehead atoms. The summed E-state index contributed by atoms with van der Waals surface area (Å²) in [7, 11) is 1.59. The first-order valence-corrected chi connectivity index (χ1v) is 6.70. The number of hydrogen-bond donors (Lipinski definition) is 1. The molecule has 2 aromatic rings. The van der Waals surface area contributed by atoms with Crippen LogP contribution in [0, 0.1) is 6.92 Å². The molecule has 0 saturated heterocycles. The molecule has 7 nitrogen and oxygen atoms in total. The minimum atomic E-state index is -0.298. The van der Waals surface area contributed by atoms with Crippen LogP contribution in [0.5, 0.6) is 0 Å². The highest BCUT2D eigenvalue weighted by molar-refractivity contribution is 7.09. The smallest absolute Gasteiger partial charge is 0.345 e. The van der Waals surface area contributed by atoms with Crippen LogP contribution in [0.1, 0.15) is 10.6 Å². The second-order valence-corrected chi connectivity index (χ2v) is 5.08. The Morgan fingerprint density at radius 3 is 2.89 bits per heavy atom. The Morgan fingerprint density at radius 2 is 2.32 bits per heavy atom. The van der Waals surface area contributed by atoms with Gasteiger partial charge in [0.05, 0.1) is 11.2 Å². The largest absolute Gasteiger partial charge is 0.354 e. The second kappa shape index (κ2) is 5.79. The molecule has 1 amide bonds. The lowest BCUT2D eigenvalue weighted by Crippen LogP contribution is -2.34. The fourth-order valence-electron chi connectivity index (χ4n) is 1.60. The van der Waals surface area contributed by atoms with Gasteiger partial charge >= 0.3 is 5.69 Å². The summed E-state index contributed by atoms with van der Waals surface area (Å²) in [5.74, 6) is -0.219. The van der Waals surface area contributed by atoms with Gasteiger partial charge in [0, 0.05) is 24.9 Å². The van der Waals surface area contributed by atoms with Crippen molar-refractivity contribution in [1.29, 1.82) is 0 Å². The molecule has 0 atom stereocenters. The van der Waals surface area contributed by atoms with Gasteiger partial charge in [-0.3, -0.25) is 9.36 Å². The van der Waals surface area contributed by atoms with Gasteiger partial charge in [-0.15, -0.1) is 11.3 Å². The number of carbonyl (C=O) groups is 1. The minimum Gasteiger partial charge on any atom is -0.354 e. The maximum atomic E-state index is 11.7. The summed E-state index contributed by atoms with van der Waals surface area (Å²) in [6, 6.07) is 0. The average molecular weight is 281 g/mol. The summed E-state index contributed by atoms with van der Waals surface area (Å²) in [4.78, 5) is 28.4. The molecule has 0 aliphatic rings. The summed E-state index contributed by atoms with van der Waals surface area (Å²) in [5, 5.41) is 6.59. The van der Waals surface area contributed by atoms with Gasteiger partial charge in [-0.2, -0.15) is 5.10 Å². The van der Waals surface area contributed by atoms with Gasteiger partial charge in [0.15, 0.2) is 0 Å². The lowest BCUT2D eigenvalue weighted by atomic mass is 10.3. The van der Waals surface area contributed by atoms with Gasteiger partial charge in [-0.1, -0.05) is 0 Å². The van der Waals surface area contributed by atoms with E-state index in [1.807, 2.05) is 6.92 Å². The quantitative estimate of drug-likeness (QED) is 0.816. The zero-order chi connectivity index (χ0) is 13.8. The lowest BCUT2D eigenvalue weighted by molar-refractivity contribution is -0.121. The summed E-state index contributed by atoms with van der Waals surface area (Å²) in [5.41, 5.74) is 2.49. The Morgan fingerprint density at radius 1 is 1.53 bits per heavy atom. The topological polar surface area (TPSA) is 81.8 Å². The first-order chi connectivity index (χ1) is 9.08. The van der Waals surface area contributed by atoms with Crippen LogP contribution < -0.4 is 11.0 Å². The van der Waals surface area contributed by atoms with Crippen LogP contribution in [0.15, 0.2) is 16.6 Å². The Labute approximate surface area is 113 Å². The number of amides is 1. The van der Waals surface area contributed by atoms with Gasteiger partial charge in [0.2, 0.25) is 5.91 Å². The minimum absolute atomic E-state index is 0.0542. The molecule has 2 aromatic heterocycles. The van der Waals surface area contributed by atoms with E-state index in [0.29, 0.717) is 6.54 Å².